The van der Waals surface area contributed by atoms with Crippen molar-refractivity contribution in [3.05, 3.63) is 18.2 Å². The van der Waals surface area contributed by atoms with Gasteiger partial charge in [-0.25, -0.2) is 13.1 Å². The SMILES string of the molecule is O=C(O)C1(CNS(=O)(=O)c2ccc3c(c2)OCCO3)CC1. The van der Waals surface area contributed by atoms with Crippen LogP contribution in [0.5, 0.6) is 11.5 Å². The first-order valence-corrected chi connectivity index (χ1v) is 8.04. The van der Waals surface area contributed by atoms with Gasteiger partial charge in [-0.3, -0.25) is 4.79 Å². The molecule has 0 unspecified atom stereocenters. The molecule has 0 bridgehead atoms. The molecular weight excluding hydrogens is 298 g/mol. The van der Waals surface area contributed by atoms with Crippen molar-refractivity contribution >= 4 is 16.0 Å². The fraction of sp³-hybridized carbons (Fsp3) is 0.462. The minimum atomic E-state index is -3.77. The number of sulfonamides is 1. The molecule has 0 radical (unpaired) electrons. The molecule has 1 saturated carbocycles. The first kappa shape index (κ1) is 14.2. The highest BCUT2D eigenvalue weighted by molar-refractivity contribution is 7.89. The van der Waals surface area contributed by atoms with Crippen LogP contribution in [-0.4, -0.2) is 39.3 Å². The summed E-state index contributed by atoms with van der Waals surface area (Å²) in [5, 5.41) is 9.06. The maximum Gasteiger partial charge on any atom is 0.310 e. The van der Waals surface area contributed by atoms with Gasteiger partial charge in [0.25, 0.3) is 0 Å². The maximum absolute atomic E-state index is 12.2. The van der Waals surface area contributed by atoms with E-state index in [1.165, 1.54) is 18.2 Å². The second-order valence-corrected chi connectivity index (χ2v) is 6.98. The molecule has 1 aromatic rings. The molecule has 7 nitrogen and oxygen atoms in total. The molecule has 1 fully saturated rings. The summed E-state index contributed by atoms with van der Waals surface area (Å²) in [6.07, 6.45) is 0.984. The lowest BCUT2D eigenvalue weighted by atomic mass is 10.1. The van der Waals surface area contributed by atoms with Crippen molar-refractivity contribution in [2.75, 3.05) is 19.8 Å². The summed E-state index contributed by atoms with van der Waals surface area (Å²) in [7, 11) is -3.77. The van der Waals surface area contributed by atoms with Crippen molar-refractivity contribution in [2.24, 2.45) is 5.41 Å². The lowest BCUT2D eigenvalue weighted by Crippen LogP contribution is -2.34. The van der Waals surface area contributed by atoms with Crippen molar-refractivity contribution < 1.29 is 27.8 Å². The van der Waals surface area contributed by atoms with Crippen LogP contribution in [0, 0.1) is 5.41 Å². The minimum absolute atomic E-state index is 0.0351. The monoisotopic (exact) mass is 313 g/mol. The first-order valence-electron chi connectivity index (χ1n) is 6.56. The molecular formula is C13H15NO6S. The Morgan fingerprint density at radius 3 is 2.52 bits per heavy atom. The average molecular weight is 313 g/mol. The van der Waals surface area contributed by atoms with Crippen LogP contribution in [0.25, 0.3) is 0 Å². The predicted octanol–water partition coefficient (Wildman–Crippen LogP) is 0.601. The lowest BCUT2D eigenvalue weighted by molar-refractivity contribution is -0.143. The van der Waals surface area contributed by atoms with Crippen molar-refractivity contribution in [2.45, 2.75) is 17.7 Å². The van der Waals surface area contributed by atoms with Gasteiger partial charge in [0.15, 0.2) is 11.5 Å². The van der Waals surface area contributed by atoms with Gasteiger partial charge in [0.05, 0.1) is 10.3 Å². The molecule has 1 aliphatic heterocycles. The van der Waals surface area contributed by atoms with Crippen molar-refractivity contribution in [3.63, 3.8) is 0 Å². The molecule has 0 aromatic heterocycles. The summed E-state index contributed by atoms with van der Waals surface area (Å²) < 4.78 is 37.5. The van der Waals surface area contributed by atoms with Gasteiger partial charge in [-0.15, -0.1) is 0 Å². The van der Waals surface area contributed by atoms with E-state index in [4.69, 9.17) is 14.6 Å². The number of ether oxygens (including phenoxy) is 2. The van der Waals surface area contributed by atoms with E-state index in [1.54, 1.807) is 0 Å². The number of hydrogen-bond donors (Lipinski definition) is 2. The molecule has 0 spiro atoms. The number of carbonyl (C=O) groups is 1. The topological polar surface area (TPSA) is 102 Å². The number of aliphatic carboxylic acids is 1. The minimum Gasteiger partial charge on any atom is -0.486 e. The molecule has 1 aliphatic carbocycles. The zero-order valence-electron chi connectivity index (χ0n) is 11.2. The number of rotatable bonds is 5. The second-order valence-electron chi connectivity index (χ2n) is 5.22. The molecule has 8 heteroatoms. The van der Waals surface area contributed by atoms with Crippen molar-refractivity contribution in [3.8, 4) is 11.5 Å². The van der Waals surface area contributed by atoms with E-state index >= 15 is 0 Å². The molecule has 1 aromatic carbocycles. The molecule has 2 N–H and O–H groups in total. The summed E-state index contributed by atoms with van der Waals surface area (Å²) in [6.45, 7) is 0.698. The van der Waals surface area contributed by atoms with E-state index in [0.29, 0.717) is 37.6 Å². The smallest absolute Gasteiger partial charge is 0.310 e. The zero-order chi connectivity index (χ0) is 15.1. The highest BCUT2D eigenvalue weighted by atomic mass is 32.2. The van der Waals surface area contributed by atoms with E-state index in [0.717, 1.165) is 0 Å². The lowest BCUT2D eigenvalue weighted by Gasteiger charge is -2.19. The van der Waals surface area contributed by atoms with Gasteiger partial charge in [-0.2, -0.15) is 0 Å². The Morgan fingerprint density at radius 1 is 1.24 bits per heavy atom. The van der Waals surface area contributed by atoms with Crippen LogP contribution >= 0.6 is 0 Å². The quantitative estimate of drug-likeness (QED) is 0.825. The Morgan fingerprint density at radius 2 is 1.90 bits per heavy atom. The van der Waals surface area contributed by atoms with Gasteiger partial charge in [0, 0.05) is 12.6 Å². The van der Waals surface area contributed by atoms with E-state index in [-0.39, 0.29) is 11.4 Å². The third-order valence-corrected chi connectivity index (χ3v) is 5.13. The Kier molecular flexibility index (Phi) is 3.29. The number of hydrogen-bond acceptors (Lipinski definition) is 5. The van der Waals surface area contributed by atoms with Crippen LogP contribution in [0.15, 0.2) is 23.1 Å². The van der Waals surface area contributed by atoms with Gasteiger partial charge < -0.3 is 14.6 Å². The second kappa shape index (κ2) is 4.88. The summed E-state index contributed by atoms with van der Waals surface area (Å²) in [5.41, 5.74) is -0.944. The molecule has 114 valence electrons. The zero-order valence-corrected chi connectivity index (χ0v) is 12.0. The number of benzene rings is 1. The fourth-order valence-corrected chi connectivity index (χ4v) is 3.27. The number of nitrogens with one attached hydrogen (secondary N) is 1. The average Bonchev–Trinajstić information content (AvgIpc) is 3.26. The van der Waals surface area contributed by atoms with Crippen molar-refractivity contribution in [1.82, 2.24) is 4.72 Å². The molecule has 21 heavy (non-hydrogen) atoms. The standard InChI is InChI=1S/C13H15NO6S/c15-12(16)13(3-4-13)8-14-21(17,18)9-1-2-10-11(7-9)20-6-5-19-10/h1-2,7,14H,3-6,8H2,(H,15,16). The van der Waals surface area contributed by atoms with Gasteiger partial charge in [-0.05, 0) is 25.0 Å². The van der Waals surface area contributed by atoms with Crippen molar-refractivity contribution in [1.29, 1.82) is 0 Å². The summed E-state index contributed by atoms with van der Waals surface area (Å²) in [5.74, 6) is -0.0831. The van der Waals surface area contributed by atoms with Crippen LogP contribution in [0.3, 0.4) is 0 Å². The van der Waals surface area contributed by atoms with Gasteiger partial charge in [-0.1, -0.05) is 0 Å². The Balaban J connectivity index is 1.77. The molecule has 0 amide bonds. The van der Waals surface area contributed by atoms with E-state index in [9.17, 15) is 13.2 Å². The summed E-state index contributed by atoms with van der Waals surface area (Å²) in [4.78, 5) is 11.1. The Hall–Kier alpha value is -1.80. The van der Waals surface area contributed by atoms with E-state index in [2.05, 4.69) is 4.72 Å². The van der Waals surface area contributed by atoms with Crippen LogP contribution in [-0.2, 0) is 14.8 Å². The third-order valence-electron chi connectivity index (χ3n) is 3.73. The number of carboxylic acid groups (broad SMARTS) is 1. The Labute approximate surface area is 121 Å². The number of carboxylic acids is 1. The molecule has 1 heterocycles. The van der Waals surface area contributed by atoms with Crippen LogP contribution in [0.2, 0.25) is 0 Å². The van der Waals surface area contributed by atoms with E-state index < -0.39 is 21.4 Å². The summed E-state index contributed by atoms with van der Waals surface area (Å²) >= 11 is 0. The largest absolute Gasteiger partial charge is 0.486 e. The van der Waals surface area contributed by atoms with Gasteiger partial charge in [0.2, 0.25) is 10.0 Å². The van der Waals surface area contributed by atoms with E-state index in [1.807, 2.05) is 0 Å². The molecule has 2 aliphatic rings. The predicted molar refractivity (Wildman–Crippen MR) is 71.9 cm³/mol. The highest BCUT2D eigenvalue weighted by Gasteiger charge is 2.50. The van der Waals surface area contributed by atoms with Gasteiger partial charge in [0.1, 0.15) is 13.2 Å². The third kappa shape index (κ3) is 2.68. The van der Waals surface area contributed by atoms with Crippen LogP contribution in [0.4, 0.5) is 0 Å². The first-order chi connectivity index (χ1) is 9.93. The summed E-state index contributed by atoms with van der Waals surface area (Å²) in [6, 6.07) is 4.33. The molecule has 3 rings (SSSR count). The Bertz CT molecular complexity index is 680. The molecule has 0 atom stereocenters. The van der Waals surface area contributed by atoms with Crippen LogP contribution < -0.4 is 14.2 Å². The fourth-order valence-electron chi connectivity index (χ4n) is 2.12. The van der Waals surface area contributed by atoms with Gasteiger partial charge >= 0.3 is 5.97 Å². The highest BCUT2D eigenvalue weighted by Crippen LogP contribution is 2.45. The van der Waals surface area contributed by atoms with Crippen LogP contribution in [0.1, 0.15) is 12.8 Å². The normalized spacial score (nSPS) is 19.0. The number of fused-ring (bicyclic) bond motifs is 1. The maximum atomic E-state index is 12.2. The molecule has 0 saturated heterocycles.